The summed E-state index contributed by atoms with van der Waals surface area (Å²) in [4.78, 5) is 32.7. The first-order valence-corrected chi connectivity index (χ1v) is 8.07. The molecule has 0 aliphatic carbocycles. The molecular weight excluding hydrogens is 367 g/mol. The van der Waals surface area contributed by atoms with Gasteiger partial charge in [-0.05, 0) is 5.56 Å². The number of carbonyl (C=O) groups is 3. The Labute approximate surface area is 155 Å². The normalized spacial score (nSPS) is 13.0. The van der Waals surface area contributed by atoms with E-state index in [4.69, 9.17) is 9.90 Å². The molecule has 0 aliphatic heterocycles. The van der Waals surface area contributed by atoms with Gasteiger partial charge in [0.05, 0.1) is 0 Å². The maximum Gasteiger partial charge on any atom is 0.430 e. The van der Waals surface area contributed by atoms with Crippen molar-refractivity contribution in [2.45, 2.75) is 38.5 Å². The highest BCUT2D eigenvalue weighted by Crippen LogP contribution is 2.11. The number of hydrogen-bond donors (Lipinski definition) is 3. The van der Waals surface area contributed by atoms with Gasteiger partial charge in [0.25, 0.3) is 5.91 Å². The SMILES string of the molecule is CNC(=O)[C@@H](Cc1ccccc1)NC(=O)[C@@H]([NH3+])C(C)C.O=C([O-])C(F)(F)F. The van der Waals surface area contributed by atoms with Gasteiger partial charge in [-0.25, -0.2) is 0 Å². The second kappa shape index (κ2) is 11.2. The van der Waals surface area contributed by atoms with Crippen LogP contribution in [0.2, 0.25) is 0 Å². The minimum absolute atomic E-state index is 0.136. The molecular formula is C17H24F3N3O4. The van der Waals surface area contributed by atoms with Crippen LogP contribution in [-0.4, -0.2) is 43.1 Å². The number of quaternary nitrogens is 1. The number of hydrogen-bond acceptors (Lipinski definition) is 4. The maximum atomic E-state index is 12.1. The van der Waals surface area contributed by atoms with E-state index >= 15 is 0 Å². The predicted octanol–water partition coefficient (Wildman–Crippen LogP) is -0.975. The average Bonchev–Trinajstić information content (AvgIpc) is 2.60. The molecule has 0 radical (unpaired) electrons. The lowest BCUT2D eigenvalue weighted by Gasteiger charge is -2.20. The van der Waals surface area contributed by atoms with Crippen molar-refractivity contribution < 1.29 is 38.4 Å². The quantitative estimate of drug-likeness (QED) is 0.576. The van der Waals surface area contributed by atoms with Crippen molar-refractivity contribution in [3.63, 3.8) is 0 Å². The lowest BCUT2D eigenvalue weighted by Crippen LogP contribution is -2.71. The first-order chi connectivity index (χ1) is 12.4. The number of carboxylic acid groups (broad SMARTS) is 1. The lowest BCUT2D eigenvalue weighted by atomic mass is 10.0. The van der Waals surface area contributed by atoms with E-state index in [0.29, 0.717) is 6.42 Å². The molecule has 5 N–H and O–H groups in total. The molecule has 10 heteroatoms. The first kappa shape index (κ1) is 24.4. The van der Waals surface area contributed by atoms with Crippen molar-refractivity contribution in [3.8, 4) is 0 Å². The number of carbonyl (C=O) groups excluding carboxylic acids is 3. The monoisotopic (exact) mass is 391 g/mol. The topological polar surface area (TPSA) is 126 Å². The molecule has 0 spiro atoms. The number of carboxylic acids is 1. The summed E-state index contributed by atoms with van der Waals surface area (Å²) >= 11 is 0. The third kappa shape index (κ3) is 9.59. The van der Waals surface area contributed by atoms with Gasteiger partial charge in [0.15, 0.2) is 6.04 Å². The largest absolute Gasteiger partial charge is 0.542 e. The van der Waals surface area contributed by atoms with Crippen molar-refractivity contribution >= 4 is 17.8 Å². The van der Waals surface area contributed by atoms with Crippen LogP contribution < -0.4 is 21.5 Å². The Morgan fingerprint density at radius 3 is 1.96 bits per heavy atom. The number of amides is 2. The Hall–Kier alpha value is -2.62. The Bertz CT molecular complexity index is 622. The number of likely N-dealkylation sites (N-methyl/N-ethyl adjacent to an activating group) is 1. The fraction of sp³-hybridized carbons (Fsp3) is 0.471. The molecule has 0 aliphatic rings. The summed E-state index contributed by atoms with van der Waals surface area (Å²) < 4.78 is 31.5. The Morgan fingerprint density at radius 2 is 1.59 bits per heavy atom. The average molecular weight is 391 g/mol. The van der Waals surface area contributed by atoms with E-state index < -0.39 is 18.2 Å². The van der Waals surface area contributed by atoms with E-state index in [1.54, 1.807) is 7.05 Å². The number of rotatable bonds is 6. The Balaban J connectivity index is 0.000000821. The van der Waals surface area contributed by atoms with Gasteiger partial charge in [-0.2, -0.15) is 13.2 Å². The fourth-order valence-corrected chi connectivity index (χ4v) is 1.81. The summed E-state index contributed by atoms with van der Waals surface area (Å²) in [5.74, 6) is -3.26. The van der Waals surface area contributed by atoms with Crippen molar-refractivity contribution in [3.05, 3.63) is 35.9 Å². The molecule has 2 atom stereocenters. The highest BCUT2D eigenvalue weighted by atomic mass is 19.4. The van der Waals surface area contributed by atoms with Gasteiger partial charge < -0.3 is 26.3 Å². The van der Waals surface area contributed by atoms with Crippen molar-refractivity contribution in [2.75, 3.05) is 7.05 Å². The van der Waals surface area contributed by atoms with E-state index in [1.165, 1.54) is 0 Å². The molecule has 0 unspecified atom stereocenters. The maximum absolute atomic E-state index is 12.1. The summed E-state index contributed by atoms with van der Waals surface area (Å²) in [6.07, 6.45) is -4.73. The van der Waals surface area contributed by atoms with Gasteiger partial charge in [0.2, 0.25) is 5.91 Å². The van der Waals surface area contributed by atoms with Gasteiger partial charge in [0.1, 0.15) is 12.0 Å². The third-order valence-corrected chi connectivity index (χ3v) is 3.53. The van der Waals surface area contributed by atoms with Crippen LogP contribution in [0.4, 0.5) is 13.2 Å². The summed E-state index contributed by atoms with van der Waals surface area (Å²) in [6.45, 7) is 3.87. The van der Waals surface area contributed by atoms with E-state index in [0.717, 1.165) is 5.56 Å². The van der Waals surface area contributed by atoms with E-state index in [1.807, 2.05) is 44.2 Å². The molecule has 1 aromatic rings. The van der Waals surface area contributed by atoms with Crippen LogP contribution in [0.1, 0.15) is 19.4 Å². The fourth-order valence-electron chi connectivity index (χ4n) is 1.81. The highest BCUT2D eigenvalue weighted by molar-refractivity contribution is 5.89. The predicted molar refractivity (Wildman–Crippen MR) is 88.7 cm³/mol. The summed E-state index contributed by atoms with van der Waals surface area (Å²) in [5.41, 5.74) is 4.85. The van der Waals surface area contributed by atoms with Crippen molar-refractivity contribution in [1.82, 2.24) is 10.6 Å². The van der Waals surface area contributed by atoms with Crippen molar-refractivity contribution in [2.24, 2.45) is 5.92 Å². The Morgan fingerprint density at radius 1 is 1.11 bits per heavy atom. The molecule has 7 nitrogen and oxygen atoms in total. The second-order valence-electron chi connectivity index (χ2n) is 6.00. The van der Waals surface area contributed by atoms with Crippen LogP contribution in [0.15, 0.2) is 30.3 Å². The minimum Gasteiger partial charge on any atom is -0.542 e. The molecule has 0 aromatic heterocycles. The highest BCUT2D eigenvalue weighted by Gasteiger charge is 2.29. The molecule has 152 valence electrons. The van der Waals surface area contributed by atoms with Crippen LogP contribution >= 0.6 is 0 Å². The molecule has 2 amide bonds. The number of nitrogens with one attached hydrogen (secondary N) is 2. The second-order valence-corrected chi connectivity index (χ2v) is 6.00. The summed E-state index contributed by atoms with van der Waals surface area (Å²) in [7, 11) is 1.57. The van der Waals surface area contributed by atoms with Crippen LogP contribution in [0, 0.1) is 5.92 Å². The van der Waals surface area contributed by atoms with Crippen molar-refractivity contribution in [1.29, 1.82) is 0 Å². The zero-order chi connectivity index (χ0) is 21.2. The van der Waals surface area contributed by atoms with Crippen LogP contribution in [0.3, 0.4) is 0 Å². The van der Waals surface area contributed by atoms with Gasteiger partial charge in [-0.15, -0.1) is 0 Å². The number of alkyl halides is 3. The smallest absolute Gasteiger partial charge is 0.430 e. The zero-order valence-corrected chi connectivity index (χ0v) is 15.3. The zero-order valence-electron chi connectivity index (χ0n) is 15.3. The van der Waals surface area contributed by atoms with Crippen LogP contribution in [0.5, 0.6) is 0 Å². The molecule has 0 bridgehead atoms. The molecule has 1 aromatic carbocycles. The number of aliphatic carboxylic acids is 1. The molecule has 0 heterocycles. The van der Waals surface area contributed by atoms with Gasteiger partial charge in [-0.1, -0.05) is 44.2 Å². The standard InChI is InChI=1S/C15H23N3O2.C2HF3O2/c1-10(2)13(16)15(20)18-12(14(19)17-3)9-11-7-5-4-6-8-11;3-2(4,5)1(6)7/h4-8,10,12-13H,9,16H2,1-3H3,(H,17,19)(H,18,20);(H,6,7)/t12-,13+;/m1./s1. The minimum atomic E-state index is -5.19. The third-order valence-electron chi connectivity index (χ3n) is 3.53. The van der Waals surface area contributed by atoms with E-state index in [2.05, 4.69) is 16.4 Å². The first-order valence-electron chi connectivity index (χ1n) is 8.07. The van der Waals surface area contributed by atoms with Gasteiger partial charge in [0, 0.05) is 19.4 Å². The molecule has 27 heavy (non-hydrogen) atoms. The van der Waals surface area contributed by atoms with Gasteiger partial charge >= 0.3 is 6.18 Å². The van der Waals surface area contributed by atoms with E-state index in [-0.39, 0.29) is 23.8 Å². The molecule has 0 saturated heterocycles. The molecule has 1 rings (SSSR count). The van der Waals surface area contributed by atoms with Gasteiger partial charge in [-0.3, -0.25) is 9.59 Å². The van der Waals surface area contributed by atoms with Crippen LogP contribution in [-0.2, 0) is 20.8 Å². The Kier molecular flexibility index (Phi) is 10.1. The van der Waals surface area contributed by atoms with E-state index in [9.17, 15) is 22.8 Å². The molecule has 0 fully saturated rings. The summed E-state index contributed by atoms with van der Waals surface area (Å²) in [6, 6.07) is 8.68. The summed E-state index contributed by atoms with van der Waals surface area (Å²) in [5, 5.41) is 14.2. The lowest BCUT2D eigenvalue weighted by molar-refractivity contribution is -0.414. The number of halogens is 3. The van der Waals surface area contributed by atoms with Crippen LogP contribution in [0.25, 0.3) is 0 Å². The molecule has 0 saturated carbocycles. The number of benzene rings is 1.